The number of hydrogen-bond donors (Lipinski definition) is 1. The summed E-state index contributed by atoms with van der Waals surface area (Å²) in [7, 11) is 0. The van der Waals surface area contributed by atoms with Gasteiger partial charge in [-0.1, -0.05) is 6.07 Å². The first-order chi connectivity index (χ1) is 13.5. The number of hydrogen-bond acceptors (Lipinski definition) is 6. The molecule has 3 heterocycles. The number of imidazole rings is 1. The van der Waals surface area contributed by atoms with Crippen molar-refractivity contribution in [2.45, 2.75) is 20.4 Å². The minimum absolute atomic E-state index is 0.142. The van der Waals surface area contributed by atoms with Crippen molar-refractivity contribution < 1.29 is 9.50 Å². The van der Waals surface area contributed by atoms with E-state index in [4.69, 9.17) is 0 Å². The van der Waals surface area contributed by atoms with Crippen LogP contribution in [0.3, 0.4) is 0 Å². The molecule has 1 N–H and O–H groups in total. The number of rotatable bonds is 3. The van der Waals surface area contributed by atoms with Crippen molar-refractivity contribution in [1.29, 1.82) is 5.26 Å². The molecular weight excluding hydrogens is 359 g/mol. The molecular formula is C20H15FN6O. The van der Waals surface area contributed by atoms with Gasteiger partial charge in [-0.05, 0) is 26.0 Å². The van der Waals surface area contributed by atoms with Crippen LogP contribution in [0.2, 0.25) is 0 Å². The lowest BCUT2D eigenvalue weighted by molar-refractivity contribution is 0.467. The molecule has 0 fully saturated rings. The minimum Gasteiger partial charge on any atom is -0.508 e. The Morgan fingerprint density at radius 2 is 1.96 bits per heavy atom. The van der Waals surface area contributed by atoms with Crippen LogP contribution >= 0.6 is 0 Å². The first-order valence-electron chi connectivity index (χ1n) is 8.50. The molecule has 8 heteroatoms. The lowest BCUT2D eigenvalue weighted by Gasteiger charge is -2.10. The molecule has 0 atom stereocenters. The van der Waals surface area contributed by atoms with E-state index in [2.05, 4.69) is 26.0 Å². The average molecular weight is 374 g/mol. The van der Waals surface area contributed by atoms with Crippen LogP contribution in [-0.2, 0) is 6.54 Å². The summed E-state index contributed by atoms with van der Waals surface area (Å²) in [5.74, 6) is 0.416. The average Bonchev–Trinajstić information content (AvgIpc) is 3.03. The second kappa shape index (κ2) is 6.70. The molecule has 0 aliphatic carbocycles. The van der Waals surface area contributed by atoms with Gasteiger partial charge >= 0.3 is 0 Å². The molecule has 0 aliphatic heterocycles. The standard InChI is InChI=1S/C20H15FN6O/c1-11-18-20(25-12(2)24-11)27(10-14-3-4-16(28)6-17(14)21)19(26-18)15-5-13(7-22)8-23-9-15/h3-6,8-9,28H,10H2,1-2H3. The molecule has 1 aromatic carbocycles. The van der Waals surface area contributed by atoms with Crippen molar-refractivity contribution in [3.8, 4) is 23.2 Å². The largest absolute Gasteiger partial charge is 0.508 e. The van der Waals surface area contributed by atoms with Crippen LogP contribution < -0.4 is 0 Å². The second-order valence-corrected chi connectivity index (χ2v) is 6.40. The molecule has 0 spiro atoms. The van der Waals surface area contributed by atoms with Gasteiger partial charge in [0.25, 0.3) is 0 Å². The lowest BCUT2D eigenvalue weighted by atomic mass is 10.1. The molecule has 138 valence electrons. The van der Waals surface area contributed by atoms with E-state index in [1.54, 1.807) is 23.8 Å². The second-order valence-electron chi connectivity index (χ2n) is 6.40. The molecule has 0 bridgehead atoms. The zero-order chi connectivity index (χ0) is 19.8. The highest BCUT2D eigenvalue weighted by atomic mass is 19.1. The number of benzene rings is 1. The molecule has 7 nitrogen and oxygen atoms in total. The van der Waals surface area contributed by atoms with Gasteiger partial charge in [-0.15, -0.1) is 0 Å². The van der Waals surface area contributed by atoms with Crippen molar-refractivity contribution >= 4 is 11.2 Å². The van der Waals surface area contributed by atoms with E-state index >= 15 is 0 Å². The molecule has 3 aromatic heterocycles. The van der Waals surface area contributed by atoms with Crippen molar-refractivity contribution in [1.82, 2.24) is 24.5 Å². The predicted molar refractivity (Wildman–Crippen MR) is 99.9 cm³/mol. The molecule has 28 heavy (non-hydrogen) atoms. The van der Waals surface area contributed by atoms with Crippen molar-refractivity contribution in [3.63, 3.8) is 0 Å². The van der Waals surface area contributed by atoms with Crippen molar-refractivity contribution in [2.24, 2.45) is 0 Å². The highest BCUT2D eigenvalue weighted by molar-refractivity contribution is 5.79. The van der Waals surface area contributed by atoms with E-state index in [0.717, 1.165) is 6.07 Å². The first-order valence-corrected chi connectivity index (χ1v) is 8.50. The highest BCUT2D eigenvalue weighted by Crippen LogP contribution is 2.27. The number of halogens is 1. The Morgan fingerprint density at radius 3 is 2.71 bits per heavy atom. The third-order valence-corrected chi connectivity index (χ3v) is 4.37. The summed E-state index contributed by atoms with van der Waals surface area (Å²) < 4.78 is 16.1. The minimum atomic E-state index is -0.529. The number of nitrogens with zero attached hydrogens (tertiary/aromatic N) is 6. The van der Waals surface area contributed by atoms with E-state index in [0.29, 0.717) is 45.2 Å². The van der Waals surface area contributed by atoms with Crippen LogP contribution in [0.4, 0.5) is 4.39 Å². The van der Waals surface area contributed by atoms with Gasteiger partial charge in [-0.2, -0.15) is 5.26 Å². The zero-order valence-corrected chi connectivity index (χ0v) is 15.2. The number of pyridine rings is 1. The molecule has 0 aliphatic rings. The number of fused-ring (bicyclic) bond motifs is 1. The van der Waals surface area contributed by atoms with Crippen LogP contribution in [0, 0.1) is 31.0 Å². The smallest absolute Gasteiger partial charge is 0.164 e. The monoisotopic (exact) mass is 374 g/mol. The Kier molecular flexibility index (Phi) is 4.20. The number of phenols is 1. The van der Waals surface area contributed by atoms with Crippen LogP contribution in [0.25, 0.3) is 22.6 Å². The molecule has 0 unspecified atom stereocenters. The zero-order valence-electron chi connectivity index (χ0n) is 15.2. The third kappa shape index (κ3) is 3.03. The van der Waals surface area contributed by atoms with Crippen molar-refractivity contribution in [3.05, 3.63) is 65.1 Å². The first kappa shape index (κ1) is 17.5. The van der Waals surface area contributed by atoms with Crippen LogP contribution in [-0.4, -0.2) is 29.6 Å². The molecule has 0 saturated heterocycles. The SMILES string of the molecule is Cc1nc(C)c2nc(-c3cncc(C#N)c3)n(Cc3ccc(O)cc3F)c2n1. The number of aryl methyl sites for hydroxylation is 2. The fourth-order valence-corrected chi connectivity index (χ4v) is 3.10. The maximum absolute atomic E-state index is 14.4. The quantitative estimate of drug-likeness (QED) is 0.591. The number of phenolic OH excluding ortho intramolecular Hbond substituents is 1. The van der Waals surface area contributed by atoms with E-state index < -0.39 is 5.82 Å². The van der Waals surface area contributed by atoms with Gasteiger partial charge in [0.2, 0.25) is 0 Å². The van der Waals surface area contributed by atoms with Gasteiger partial charge in [0.1, 0.15) is 34.8 Å². The summed E-state index contributed by atoms with van der Waals surface area (Å²) in [4.78, 5) is 17.6. The van der Waals surface area contributed by atoms with Crippen LogP contribution in [0.1, 0.15) is 22.6 Å². The topological polar surface area (TPSA) is 101 Å². The van der Waals surface area contributed by atoms with Gasteiger partial charge in [0.05, 0.1) is 17.8 Å². The van der Waals surface area contributed by atoms with Gasteiger partial charge in [0.15, 0.2) is 5.65 Å². The number of aromatic nitrogens is 5. The maximum Gasteiger partial charge on any atom is 0.164 e. The molecule has 0 amide bonds. The summed E-state index contributed by atoms with van der Waals surface area (Å²) in [5.41, 5.74) is 3.26. The van der Waals surface area contributed by atoms with Gasteiger partial charge in [-0.3, -0.25) is 4.98 Å². The predicted octanol–water partition coefficient (Wildman–Crippen LogP) is 3.27. The Balaban J connectivity index is 1.97. The van der Waals surface area contributed by atoms with E-state index in [1.165, 1.54) is 18.3 Å². The Morgan fingerprint density at radius 1 is 1.14 bits per heavy atom. The Bertz CT molecular complexity index is 1260. The summed E-state index contributed by atoms with van der Waals surface area (Å²) in [6.07, 6.45) is 3.06. The van der Waals surface area contributed by atoms with Gasteiger partial charge < -0.3 is 9.67 Å². The van der Waals surface area contributed by atoms with Crippen LogP contribution in [0.5, 0.6) is 5.75 Å². The molecule has 0 saturated carbocycles. The molecule has 4 rings (SSSR count). The maximum atomic E-state index is 14.4. The fraction of sp³-hybridized carbons (Fsp3) is 0.150. The third-order valence-electron chi connectivity index (χ3n) is 4.37. The molecule has 0 radical (unpaired) electrons. The van der Waals surface area contributed by atoms with Crippen molar-refractivity contribution in [2.75, 3.05) is 0 Å². The Labute approximate surface area is 159 Å². The van der Waals surface area contributed by atoms with E-state index in [-0.39, 0.29) is 12.3 Å². The lowest BCUT2D eigenvalue weighted by Crippen LogP contribution is -2.06. The Hall–Kier alpha value is -3.86. The summed E-state index contributed by atoms with van der Waals surface area (Å²) in [6.45, 7) is 3.76. The van der Waals surface area contributed by atoms with E-state index in [9.17, 15) is 14.8 Å². The van der Waals surface area contributed by atoms with E-state index in [1.807, 2.05) is 6.92 Å². The fourth-order valence-electron chi connectivity index (χ4n) is 3.10. The summed E-state index contributed by atoms with van der Waals surface area (Å²) >= 11 is 0. The number of aromatic hydroxyl groups is 1. The number of nitriles is 1. The van der Waals surface area contributed by atoms with Gasteiger partial charge in [0, 0.05) is 29.6 Å². The summed E-state index contributed by atoms with van der Waals surface area (Å²) in [5, 5.41) is 18.7. The molecule has 4 aromatic rings. The van der Waals surface area contributed by atoms with Gasteiger partial charge in [-0.25, -0.2) is 19.3 Å². The van der Waals surface area contributed by atoms with Crippen LogP contribution in [0.15, 0.2) is 36.7 Å². The summed E-state index contributed by atoms with van der Waals surface area (Å²) in [6, 6.07) is 7.75. The normalized spacial score (nSPS) is 10.9. The highest BCUT2D eigenvalue weighted by Gasteiger charge is 2.19.